The number of hydrogen-bond acceptors (Lipinski definition) is 2. The van der Waals surface area contributed by atoms with Gasteiger partial charge in [0.25, 0.3) is 0 Å². The maximum Gasteiger partial charge on any atom is 0.0649 e. The van der Waals surface area contributed by atoms with Gasteiger partial charge in [0, 0.05) is 6.20 Å². The summed E-state index contributed by atoms with van der Waals surface area (Å²) < 4.78 is 2.00. The van der Waals surface area contributed by atoms with E-state index >= 15 is 0 Å². The van der Waals surface area contributed by atoms with Crippen LogP contribution in [0.3, 0.4) is 0 Å². The van der Waals surface area contributed by atoms with E-state index in [2.05, 4.69) is 52.9 Å². The van der Waals surface area contributed by atoms with Crippen molar-refractivity contribution >= 4 is 0 Å². The molecule has 0 saturated carbocycles. The summed E-state index contributed by atoms with van der Waals surface area (Å²) in [5, 5.41) is 7.88. The topological polar surface area (TPSA) is 29.9 Å². The van der Waals surface area contributed by atoms with Crippen molar-refractivity contribution in [2.24, 2.45) is 0 Å². The predicted octanol–water partition coefficient (Wildman–Crippen LogP) is 3.38. The molecule has 0 amide bonds. The Morgan fingerprint density at radius 2 is 1.62 bits per heavy atom. The molecule has 106 valence electrons. The van der Waals surface area contributed by atoms with Crippen LogP contribution in [0.2, 0.25) is 0 Å². The van der Waals surface area contributed by atoms with Crippen LogP contribution < -0.4 is 5.32 Å². The number of nitrogens with one attached hydrogen (secondary N) is 1. The molecule has 1 aromatic heterocycles. The number of para-hydroxylation sites is 1. The SMILES string of the molecule is CNC(Cc1ccccc1)c1ccnn1-c1ccccc1. The molecule has 0 bridgehead atoms. The van der Waals surface area contributed by atoms with Gasteiger partial charge < -0.3 is 5.32 Å². The number of rotatable bonds is 5. The van der Waals surface area contributed by atoms with Crippen molar-refractivity contribution in [3.05, 3.63) is 84.2 Å². The highest BCUT2D eigenvalue weighted by Crippen LogP contribution is 2.20. The Kier molecular flexibility index (Phi) is 4.12. The van der Waals surface area contributed by atoms with Crippen LogP contribution >= 0.6 is 0 Å². The van der Waals surface area contributed by atoms with Gasteiger partial charge in [-0.25, -0.2) is 4.68 Å². The quantitative estimate of drug-likeness (QED) is 0.775. The van der Waals surface area contributed by atoms with Gasteiger partial charge in [-0.15, -0.1) is 0 Å². The van der Waals surface area contributed by atoms with Crippen molar-refractivity contribution in [3.63, 3.8) is 0 Å². The van der Waals surface area contributed by atoms with Gasteiger partial charge in [0.15, 0.2) is 0 Å². The second-order valence-electron chi connectivity index (χ2n) is 5.03. The summed E-state index contributed by atoms with van der Waals surface area (Å²) in [5.74, 6) is 0. The van der Waals surface area contributed by atoms with Crippen LogP contribution in [0.4, 0.5) is 0 Å². The van der Waals surface area contributed by atoms with Gasteiger partial charge in [0.05, 0.1) is 17.4 Å². The van der Waals surface area contributed by atoms with E-state index in [9.17, 15) is 0 Å². The molecule has 0 radical (unpaired) electrons. The van der Waals surface area contributed by atoms with E-state index in [1.807, 2.05) is 42.2 Å². The standard InChI is InChI=1S/C18H19N3/c1-19-17(14-15-8-4-2-5-9-15)18-12-13-20-21(18)16-10-6-3-7-11-16/h2-13,17,19H,14H2,1H3. The predicted molar refractivity (Wildman–Crippen MR) is 85.5 cm³/mol. The van der Waals surface area contributed by atoms with Crippen LogP contribution in [0.1, 0.15) is 17.3 Å². The molecule has 0 fully saturated rings. The molecule has 0 aliphatic heterocycles. The molecule has 1 atom stereocenters. The summed E-state index contributed by atoms with van der Waals surface area (Å²) in [5.41, 5.74) is 3.58. The Balaban J connectivity index is 1.90. The Morgan fingerprint density at radius 1 is 0.952 bits per heavy atom. The van der Waals surface area contributed by atoms with Crippen LogP contribution in [-0.2, 0) is 6.42 Å². The normalized spacial score (nSPS) is 12.2. The fourth-order valence-electron chi connectivity index (χ4n) is 2.57. The van der Waals surface area contributed by atoms with Gasteiger partial charge in [0.2, 0.25) is 0 Å². The third-order valence-electron chi connectivity index (χ3n) is 3.66. The Bertz CT molecular complexity index is 674. The fourth-order valence-corrected chi connectivity index (χ4v) is 2.57. The third-order valence-corrected chi connectivity index (χ3v) is 3.66. The molecule has 0 spiro atoms. The first-order chi connectivity index (χ1) is 10.4. The van der Waals surface area contributed by atoms with Gasteiger partial charge >= 0.3 is 0 Å². The van der Waals surface area contributed by atoms with Gasteiger partial charge in [0.1, 0.15) is 0 Å². The maximum absolute atomic E-state index is 4.47. The zero-order valence-corrected chi connectivity index (χ0v) is 12.1. The summed E-state index contributed by atoms with van der Waals surface area (Å²) in [6.45, 7) is 0. The molecule has 3 aromatic rings. The average Bonchev–Trinajstić information content (AvgIpc) is 3.04. The van der Waals surface area contributed by atoms with E-state index in [4.69, 9.17) is 0 Å². The second kappa shape index (κ2) is 6.37. The monoisotopic (exact) mass is 277 g/mol. The lowest BCUT2D eigenvalue weighted by Crippen LogP contribution is -2.22. The van der Waals surface area contributed by atoms with Crippen LogP contribution in [-0.4, -0.2) is 16.8 Å². The van der Waals surface area contributed by atoms with Gasteiger partial charge in [-0.1, -0.05) is 48.5 Å². The van der Waals surface area contributed by atoms with E-state index in [0.29, 0.717) is 0 Å². The Hall–Kier alpha value is -2.39. The average molecular weight is 277 g/mol. The molecule has 21 heavy (non-hydrogen) atoms. The molecule has 0 aliphatic rings. The number of nitrogens with zero attached hydrogens (tertiary/aromatic N) is 2. The van der Waals surface area contributed by atoms with Crippen LogP contribution in [0.25, 0.3) is 5.69 Å². The van der Waals surface area contributed by atoms with Crippen LogP contribution in [0, 0.1) is 0 Å². The molecule has 0 saturated heterocycles. The van der Waals surface area contributed by atoms with Crippen molar-refractivity contribution in [2.75, 3.05) is 7.05 Å². The highest BCUT2D eigenvalue weighted by atomic mass is 15.3. The molecular formula is C18H19N3. The number of benzene rings is 2. The zero-order valence-electron chi connectivity index (χ0n) is 12.1. The van der Waals surface area contributed by atoms with Crippen LogP contribution in [0.5, 0.6) is 0 Å². The van der Waals surface area contributed by atoms with Gasteiger partial charge in [-0.3, -0.25) is 0 Å². The smallest absolute Gasteiger partial charge is 0.0649 e. The third kappa shape index (κ3) is 3.03. The first kappa shape index (κ1) is 13.6. The molecular weight excluding hydrogens is 258 g/mol. The minimum absolute atomic E-state index is 0.232. The zero-order chi connectivity index (χ0) is 14.5. The molecule has 1 heterocycles. The lowest BCUT2D eigenvalue weighted by molar-refractivity contribution is 0.555. The lowest BCUT2D eigenvalue weighted by Gasteiger charge is -2.18. The van der Waals surface area contributed by atoms with Crippen molar-refractivity contribution in [3.8, 4) is 5.69 Å². The highest BCUT2D eigenvalue weighted by Gasteiger charge is 2.15. The largest absolute Gasteiger partial charge is 0.311 e. The highest BCUT2D eigenvalue weighted by molar-refractivity contribution is 5.33. The van der Waals surface area contributed by atoms with E-state index in [0.717, 1.165) is 12.1 Å². The molecule has 1 unspecified atom stereocenters. The van der Waals surface area contributed by atoms with E-state index in [1.54, 1.807) is 0 Å². The molecule has 2 aromatic carbocycles. The number of aromatic nitrogens is 2. The summed E-state index contributed by atoms with van der Waals surface area (Å²) in [6, 6.07) is 23.1. The first-order valence-electron chi connectivity index (χ1n) is 7.19. The van der Waals surface area contributed by atoms with E-state index in [1.165, 1.54) is 11.3 Å². The van der Waals surface area contributed by atoms with E-state index in [-0.39, 0.29) is 6.04 Å². The first-order valence-corrected chi connectivity index (χ1v) is 7.19. The van der Waals surface area contributed by atoms with Gasteiger partial charge in [-0.2, -0.15) is 5.10 Å². The maximum atomic E-state index is 4.47. The summed E-state index contributed by atoms with van der Waals surface area (Å²) in [7, 11) is 2.00. The van der Waals surface area contributed by atoms with E-state index < -0.39 is 0 Å². The van der Waals surface area contributed by atoms with Crippen molar-refractivity contribution in [1.29, 1.82) is 0 Å². The molecule has 3 nitrogen and oxygen atoms in total. The van der Waals surface area contributed by atoms with Gasteiger partial charge in [-0.05, 0) is 37.2 Å². The molecule has 3 heteroatoms. The fraction of sp³-hybridized carbons (Fsp3) is 0.167. The second-order valence-corrected chi connectivity index (χ2v) is 5.03. The lowest BCUT2D eigenvalue weighted by atomic mass is 10.0. The molecule has 0 aliphatic carbocycles. The van der Waals surface area contributed by atoms with Crippen molar-refractivity contribution < 1.29 is 0 Å². The minimum Gasteiger partial charge on any atom is -0.311 e. The summed E-state index contributed by atoms with van der Waals surface area (Å²) >= 11 is 0. The number of likely N-dealkylation sites (N-methyl/N-ethyl adjacent to an activating group) is 1. The Labute approximate surface area is 125 Å². The van der Waals surface area contributed by atoms with Crippen LogP contribution in [0.15, 0.2) is 72.9 Å². The summed E-state index contributed by atoms with van der Waals surface area (Å²) in [6.07, 6.45) is 2.80. The Morgan fingerprint density at radius 3 is 2.29 bits per heavy atom. The summed E-state index contributed by atoms with van der Waals surface area (Å²) in [4.78, 5) is 0. The minimum atomic E-state index is 0.232. The molecule has 1 N–H and O–H groups in total. The number of hydrogen-bond donors (Lipinski definition) is 1. The van der Waals surface area contributed by atoms with Crippen molar-refractivity contribution in [1.82, 2.24) is 15.1 Å². The molecule has 3 rings (SSSR count). The van der Waals surface area contributed by atoms with Crippen molar-refractivity contribution in [2.45, 2.75) is 12.5 Å².